The van der Waals surface area contributed by atoms with Gasteiger partial charge in [-0.25, -0.2) is 4.39 Å². The van der Waals surface area contributed by atoms with Crippen LogP contribution in [0.3, 0.4) is 0 Å². The zero-order chi connectivity index (χ0) is 12.4. The summed E-state index contributed by atoms with van der Waals surface area (Å²) in [5.41, 5.74) is 0. The van der Waals surface area contributed by atoms with Crippen LogP contribution in [0.4, 0.5) is 4.39 Å². The Bertz CT molecular complexity index is 575. The Morgan fingerprint density at radius 2 is 2.29 bits per heavy atom. The van der Waals surface area contributed by atoms with Gasteiger partial charge in [-0.1, -0.05) is 38.9 Å². The molecule has 0 amide bonds. The van der Waals surface area contributed by atoms with Crippen molar-refractivity contribution in [3.05, 3.63) is 38.5 Å². The quantitative estimate of drug-likeness (QED) is 0.784. The maximum Gasteiger partial charge on any atom is 0.280 e. The van der Waals surface area contributed by atoms with Crippen LogP contribution in [0.15, 0.2) is 22.7 Å². The molecule has 88 valence electrons. The molecule has 0 aliphatic heterocycles. The summed E-state index contributed by atoms with van der Waals surface area (Å²) < 4.78 is 19.2. The lowest BCUT2D eigenvalue weighted by molar-refractivity contribution is 0.112. The number of halogens is 3. The van der Waals surface area contributed by atoms with Gasteiger partial charge < -0.3 is 4.74 Å². The van der Waals surface area contributed by atoms with Crippen LogP contribution in [-0.2, 0) is 0 Å². The van der Waals surface area contributed by atoms with Gasteiger partial charge in [0.15, 0.2) is 23.0 Å². The van der Waals surface area contributed by atoms with Gasteiger partial charge >= 0.3 is 0 Å². The minimum absolute atomic E-state index is 0.0241. The normalized spacial score (nSPS) is 10.3. The first-order valence-electron chi connectivity index (χ1n) is 4.34. The van der Waals surface area contributed by atoms with E-state index in [9.17, 15) is 9.18 Å². The molecule has 7 heteroatoms. The summed E-state index contributed by atoms with van der Waals surface area (Å²) in [5.74, 6) is -0.505. The zero-order valence-electron chi connectivity index (χ0n) is 8.12. The summed E-state index contributed by atoms with van der Waals surface area (Å²) >= 11 is 9.75. The molecule has 0 bridgehead atoms. The highest BCUT2D eigenvalue weighted by Gasteiger charge is 2.12. The molecule has 0 saturated carbocycles. The Morgan fingerprint density at radius 3 is 2.88 bits per heavy atom. The molecule has 2 rings (SSSR count). The Labute approximate surface area is 113 Å². The highest BCUT2D eigenvalue weighted by atomic mass is 79.9. The van der Waals surface area contributed by atoms with Crippen LogP contribution in [0.2, 0.25) is 5.15 Å². The summed E-state index contributed by atoms with van der Waals surface area (Å²) in [5, 5.41) is 0.177. The highest BCUT2D eigenvalue weighted by Crippen LogP contribution is 2.32. The van der Waals surface area contributed by atoms with Crippen molar-refractivity contribution >= 4 is 45.2 Å². The molecule has 0 spiro atoms. The smallest absolute Gasteiger partial charge is 0.280 e. The van der Waals surface area contributed by atoms with Gasteiger partial charge in [0.25, 0.3) is 5.19 Å². The number of aldehydes is 1. The van der Waals surface area contributed by atoms with Crippen molar-refractivity contribution in [1.29, 1.82) is 0 Å². The SMILES string of the molecule is O=Cc1sc(Oc2ccc(Br)cc2F)nc1Cl. The van der Waals surface area contributed by atoms with E-state index in [1.165, 1.54) is 12.1 Å². The molecule has 0 fully saturated rings. The van der Waals surface area contributed by atoms with Crippen LogP contribution in [0.5, 0.6) is 10.9 Å². The van der Waals surface area contributed by atoms with Gasteiger partial charge in [0, 0.05) is 4.47 Å². The summed E-state index contributed by atoms with van der Waals surface area (Å²) in [6.07, 6.45) is 0.574. The van der Waals surface area contributed by atoms with Crippen molar-refractivity contribution in [2.45, 2.75) is 0 Å². The number of hydrogen-bond acceptors (Lipinski definition) is 4. The molecule has 0 N–H and O–H groups in total. The van der Waals surface area contributed by atoms with Crippen LogP contribution < -0.4 is 4.74 Å². The van der Waals surface area contributed by atoms with E-state index >= 15 is 0 Å². The molecule has 0 unspecified atom stereocenters. The van der Waals surface area contributed by atoms with Crippen LogP contribution in [0.1, 0.15) is 9.67 Å². The summed E-state index contributed by atoms with van der Waals surface area (Å²) in [6, 6.07) is 4.36. The lowest BCUT2D eigenvalue weighted by Crippen LogP contribution is -1.87. The molecule has 3 nitrogen and oxygen atoms in total. The zero-order valence-corrected chi connectivity index (χ0v) is 11.3. The van der Waals surface area contributed by atoms with Gasteiger partial charge in [0.1, 0.15) is 4.88 Å². The number of ether oxygens (including phenoxy) is 1. The van der Waals surface area contributed by atoms with Crippen molar-refractivity contribution in [2.24, 2.45) is 0 Å². The number of carbonyl (C=O) groups is 1. The molecule has 0 aliphatic carbocycles. The third kappa shape index (κ3) is 2.83. The second-order valence-electron chi connectivity index (χ2n) is 2.93. The second-order valence-corrected chi connectivity index (χ2v) is 5.20. The molecule has 1 aromatic heterocycles. The Balaban J connectivity index is 2.28. The standard InChI is InChI=1S/C10H4BrClFNO2S/c11-5-1-2-7(6(13)3-5)16-10-14-9(12)8(4-15)17-10/h1-4H. The Hall–Kier alpha value is -0.980. The van der Waals surface area contributed by atoms with Crippen molar-refractivity contribution in [1.82, 2.24) is 4.98 Å². The predicted molar refractivity (Wildman–Crippen MR) is 66.7 cm³/mol. The maximum absolute atomic E-state index is 13.4. The minimum Gasteiger partial charge on any atom is -0.428 e. The molecule has 0 aliphatic rings. The molecule has 0 radical (unpaired) electrons. The molecule has 0 saturated heterocycles. The third-order valence-corrected chi connectivity index (χ3v) is 3.54. The van der Waals surface area contributed by atoms with Crippen LogP contribution in [0, 0.1) is 5.82 Å². The van der Waals surface area contributed by atoms with E-state index < -0.39 is 5.82 Å². The molecule has 17 heavy (non-hydrogen) atoms. The topological polar surface area (TPSA) is 39.2 Å². The number of aromatic nitrogens is 1. The van der Waals surface area contributed by atoms with Crippen LogP contribution in [-0.4, -0.2) is 11.3 Å². The number of rotatable bonds is 3. The Morgan fingerprint density at radius 1 is 1.53 bits per heavy atom. The third-order valence-electron chi connectivity index (χ3n) is 1.79. The summed E-state index contributed by atoms with van der Waals surface area (Å²) in [4.78, 5) is 14.6. The lowest BCUT2D eigenvalue weighted by atomic mass is 10.3. The monoisotopic (exact) mass is 335 g/mol. The number of thiazole rings is 1. The number of benzene rings is 1. The lowest BCUT2D eigenvalue weighted by Gasteiger charge is -2.02. The highest BCUT2D eigenvalue weighted by molar-refractivity contribution is 9.10. The second kappa shape index (κ2) is 5.12. The molecule has 0 atom stereocenters. The van der Waals surface area contributed by atoms with Crippen molar-refractivity contribution in [3.63, 3.8) is 0 Å². The van der Waals surface area contributed by atoms with Gasteiger partial charge in [-0.2, -0.15) is 4.98 Å². The molecule has 1 heterocycles. The van der Waals surface area contributed by atoms with Gasteiger partial charge in [-0.3, -0.25) is 4.79 Å². The Kier molecular flexibility index (Phi) is 3.76. The van der Waals surface area contributed by atoms with Gasteiger partial charge in [-0.05, 0) is 18.2 Å². The van der Waals surface area contributed by atoms with Crippen molar-refractivity contribution in [3.8, 4) is 10.9 Å². The number of carbonyl (C=O) groups excluding carboxylic acids is 1. The number of hydrogen-bond donors (Lipinski definition) is 0. The molecular weight excluding hydrogens is 333 g/mol. The van der Waals surface area contributed by atoms with Gasteiger partial charge in [0.05, 0.1) is 0 Å². The minimum atomic E-state index is -0.529. The average molecular weight is 337 g/mol. The largest absolute Gasteiger partial charge is 0.428 e. The summed E-state index contributed by atoms with van der Waals surface area (Å²) in [6.45, 7) is 0. The predicted octanol–water partition coefficient (Wildman–Crippen LogP) is 4.30. The van der Waals surface area contributed by atoms with Crippen LogP contribution >= 0.6 is 38.9 Å². The van der Waals surface area contributed by atoms with Crippen molar-refractivity contribution in [2.75, 3.05) is 0 Å². The number of nitrogens with zero attached hydrogens (tertiary/aromatic N) is 1. The first kappa shape index (κ1) is 12.5. The van der Waals surface area contributed by atoms with Crippen molar-refractivity contribution < 1.29 is 13.9 Å². The van der Waals surface area contributed by atoms with E-state index in [2.05, 4.69) is 20.9 Å². The fourth-order valence-electron chi connectivity index (χ4n) is 1.06. The first-order chi connectivity index (χ1) is 8.10. The fourth-order valence-corrected chi connectivity index (χ4v) is 2.32. The fraction of sp³-hybridized carbons (Fsp3) is 0. The molecular formula is C10H4BrClFNO2S. The molecule has 1 aromatic carbocycles. The van der Waals surface area contributed by atoms with Gasteiger partial charge in [-0.15, -0.1) is 0 Å². The van der Waals surface area contributed by atoms with Gasteiger partial charge in [0.2, 0.25) is 0 Å². The van der Waals surface area contributed by atoms with E-state index in [4.69, 9.17) is 16.3 Å². The van der Waals surface area contributed by atoms with E-state index in [0.29, 0.717) is 10.8 Å². The molecule has 2 aromatic rings. The maximum atomic E-state index is 13.4. The first-order valence-corrected chi connectivity index (χ1v) is 6.33. The van der Waals surface area contributed by atoms with Crippen LogP contribution in [0.25, 0.3) is 0 Å². The van der Waals surface area contributed by atoms with E-state index in [1.807, 2.05) is 0 Å². The average Bonchev–Trinajstić information content (AvgIpc) is 2.63. The summed E-state index contributed by atoms with van der Waals surface area (Å²) in [7, 11) is 0. The van der Waals surface area contributed by atoms with E-state index in [0.717, 1.165) is 11.3 Å². The van der Waals surface area contributed by atoms with E-state index in [1.54, 1.807) is 6.07 Å². The van der Waals surface area contributed by atoms with E-state index in [-0.39, 0.29) is 21.0 Å².